The summed E-state index contributed by atoms with van der Waals surface area (Å²) >= 11 is 11.6. The number of nitrogens with one attached hydrogen (secondary N) is 1. The molecule has 6 nitrogen and oxygen atoms in total. The van der Waals surface area contributed by atoms with E-state index in [-0.39, 0.29) is 32.4 Å². The Morgan fingerprint density at radius 1 is 0.783 bits per heavy atom. The van der Waals surface area contributed by atoms with Crippen LogP contribution in [0.4, 0.5) is 5.69 Å². The Hall–Kier alpha value is -2.57. The predicted molar refractivity (Wildman–Crippen MR) is 84.8 cm³/mol. The first-order chi connectivity index (χ1) is 10.8. The summed E-state index contributed by atoms with van der Waals surface area (Å²) in [6.45, 7) is 0. The highest BCUT2D eigenvalue weighted by molar-refractivity contribution is 6.42. The van der Waals surface area contributed by atoms with Crippen LogP contribution in [0.3, 0.4) is 0 Å². The highest BCUT2D eigenvalue weighted by atomic mass is 35.5. The van der Waals surface area contributed by atoms with Crippen LogP contribution in [0.2, 0.25) is 10.0 Å². The molecule has 0 aromatic heterocycles. The number of aromatic carboxylic acids is 2. The third-order valence-corrected chi connectivity index (χ3v) is 3.61. The largest absolute Gasteiger partial charge is 0.478 e. The Morgan fingerprint density at radius 2 is 1.35 bits per heavy atom. The van der Waals surface area contributed by atoms with E-state index in [0.29, 0.717) is 0 Å². The first-order valence-corrected chi connectivity index (χ1v) is 6.91. The Kier molecular flexibility index (Phi) is 4.88. The fourth-order valence-corrected chi connectivity index (χ4v) is 2.09. The summed E-state index contributed by atoms with van der Waals surface area (Å²) in [6.07, 6.45) is 0. The molecule has 0 unspecified atom stereocenters. The first kappa shape index (κ1) is 16.8. The van der Waals surface area contributed by atoms with E-state index in [1.165, 1.54) is 18.2 Å². The Morgan fingerprint density at radius 3 is 1.83 bits per heavy atom. The van der Waals surface area contributed by atoms with Crippen LogP contribution in [-0.2, 0) is 0 Å². The van der Waals surface area contributed by atoms with Crippen LogP contribution in [0.25, 0.3) is 0 Å². The molecular weight excluding hydrogens is 345 g/mol. The number of benzene rings is 2. The zero-order valence-corrected chi connectivity index (χ0v) is 12.9. The number of carboxylic acids is 2. The fourth-order valence-electron chi connectivity index (χ4n) is 1.79. The van der Waals surface area contributed by atoms with Crippen LogP contribution in [0.1, 0.15) is 31.1 Å². The van der Waals surface area contributed by atoms with Crippen molar-refractivity contribution in [2.45, 2.75) is 0 Å². The second kappa shape index (κ2) is 6.68. The van der Waals surface area contributed by atoms with Gasteiger partial charge in [0.1, 0.15) is 0 Å². The maximum absolute atomic E-state index is 12.1. The van der Waals surface area contributed by atoms with Crippen molar-refractivity contribution in [1.82, 2.24) is 0 Å². The van der Waals surface area contributed by atoms with E-state index in [0.717, 1.165) is 18.2 Å². The molecule has 2 rings (SSSR count). The molecule has 0 radical (unpaired) electrons. The summed E-state index contributed by atoms with van der Waals surface area (Å²) in [5.74, 6) is -3.20. The van der Waals surface area contributed by atoms with Crippen molar-refractivity contribution in [2.75, 3.05) is 5.32 Å². The van der Waals surface area contributed by atoms with E-state index >= 15 is 0 Å². The van der Waals surface area contributed by atoms with Gasteiger partial charge in [0.15, 0.2) is 0 Å². The van der Waals surface area contributed by atoms with Crippen molar-refractivity contribution in [3.05, 3.63) is 63.1 Å². The van der Waals surface area contributed by atoms with Gasteiger partial charge in [-0.25, -0.2) is 9.59 Å². The van der Waals surface area contributed by atoms with Crippen molar-refractivity contribution >= 4 is 46.7 Å². The van der Waals surface area contributed by atoms with Gasteiger partial charge in [0.2, 0.25) is 0 Å². The minimum absolute atomic E-state index is 0.0402. The molecule has 0 aliphatic rings. The van der Waals surface area contributed by atoms with Crippen molar-refractivity contribution < 1.29 is 24.6 Å². The molecule has 0 saturated carbocycles. The van der Waals surface area contributed by atoms with Crippen LogP contribution in [0.5, 0.6) is 0 Å². The molecule has 0 spiro atoms. The standard InChI is InChI=1S/C15H9Cl2NO5/c16-11-2-1-7(6-12(11)17)13(19)18-10-4-8(14(20)21)3-9(5-10)15(22)23/h1-6H,(H,18,19)(H,20,21)(H,22,23). The van der Waals surface area contributed by atoms with E-state index in [1.807, 2.05) is 0 Å². The zero-order valence-electron chi connectivity index (χ0n) is 11.3. The molecule has 118 valence electrons. The number of hydrogen-bond acceptors (Lipinski definition) is 3. The number of amides is 1. The van der Waals surface area contributed by atoms with Gasteiger partial charge in [-0.2, -0.15) is 0 Å². The smallest absolute Gasteiger partial charge is 0.335 e. The normalized spacial score (nSPS) is 10.2. The highest BCUT2D eigenvalue weighted by Crippen LogP contribution is 2.23. The summed E-state index contributed by atoms with van der Waals surface area (Å²) in [4.78, 5) is 34.2. The van der Waals surface area contributed by atoms with Gasteiger partial charge in [0, 0.05) is 11.3 Å². The van der Waals surface area contributed by atoms with Crippen molar-refractivity contribution in [3.63, 3.8) is 0 Å². The average Bonchev–Trinajstić information content (AvgIpc) is 2.49. The second-order valence-electron chi connectivity index (χ2n) is 4.49. The lowest BCUT2D eigenvalue weighted by atomic mass is 10.1. The number of carboxylic acid groups (broad SMARTS) is 2. The van der Waals surface area contributed by atoms with E-state index in [4.69, 9.17) is 33.4 Å². The highest BCUT2D eigenvalue weighted by Gasteiger charge is 2.14. The molecular formula is C15H9Cl2NO5. The van der Waals surface area contributed by atoms with Crippen molar-refractivity contribution in [2.24, 2.45) is 0 Å². The summed E-state index contributed by atoms with van der Waals surface area (Å²) in [7, 11) is 0. The molecule has 2 aromatic rings. The second-order valence-corrected chi connectivity index (χ2v) is 5.31. The Balaban J connectivity index is 2.34. The topological polar surface area (TPSA) is 104 Å². The molecule has 23 heavy (non-hydrogen) atoms. The predicted octanol–water partition coefficient (Wildman–Crippen LogP) is 3.64. The van der Waals surface area contributed by atoms with Crippen LogP contribution in [0.15, 0.2) is 36.4 Å². The number of carbonyl (C=O) groups is 3. The molecule has 8 heteroatoms. The summed E-state index contributed by atoms with van der Waals surface area (Å²) < 4.78 is 0. The minimum Gasteiger partial charge on any atom is -0.478 e. The number of halogens is 2. The fraction of sp³-hybridized carbons (Fsp3) is 0. The van der Waals surface area contributed by atoms with E-state index < -0.39 is 17.8 Å². The molecule has 0 fully saturated rings. The third-order valence-electron chi connectivity index (χ3n) is 2.87. The molecule has 0 aliphatic heterocycles. The minimum atomic E-state index is -1.31. The monoisotopic (exact) mass is 353 g/mol. The van der Waals surface area contributed by atoms with E-state index in [2.05, 4.69) is 5.32 Å². The van der Waals surface area contributed by atoms with Gasteiger partial charge in [-0.15, -0.1) is 0 Å². The SMILES string of the molecule is O=C(O)c1cc(NC(=O)c2ccc(Cl)c(Cl)c2)cc(C(=O)O)c1. The van der Waals surface area contributed by atoms with Gasteiger partial charge in [0.25, 0.3) is 5.91 Å². The molecule has 1 amide bonds. The number of hydrogen-bond donors (Lipinski definition) is 3. The van der Waals surface area contributed by atoms with E-state index in [9.17, 15) is 14.4 Å². The quantitative estimate of drug-likeness (QED) is 0.778. The van der Waals surface area contributed by atoms with Gasteiger partial charge in [0.05, 0.1) is 21.2 Å². The maximum Gasteiger partial charge on any atom is 0.335 e. The van der Waals surface area contributed by atoms with Gasteiger partial charge < -0.3 is 15.5 Å². The number of anilines is 1. The lowest BCUT2D eigenvalue weighted by Gasteiger charge is -2.08. The van der Waals surface area contributed by atoms with Gasteiger partial charge >= 0.3 is 11.9 Å². The zero-order chi connectivity index (χ0) is 17.1. The summed E-state index contributed by atoms with van der Waals surface area (Å²) in [5, 5.41) is 20.9. The average molecular weight is 354 g/mol. The summed E-state index contributed by atoms with van der Waals surface area (Å²) in [5.41, 5.74) is -0.279. The molecule has 0 saturated heterocycles. The van der Waals surface area contributed by atoms with Crippen LogP contribution in [-0.4, -0.2) is 28.1 Å². The van der Waals surface area contributed by atoms with Crippen molar-refractivity contribution in [1.29, 1.82) is 0 Å². The molecule has 0 bridgehead atoms. The Labute approximate surface area is 140 Å². The lowest BCUT2D eigenvalue weighted by molar-refractivity contribution is 0.0696. The molecule has 3 N–H and O–H groups in total. The van der Waals surface area contributed by atoms with Gasteiger partial charge in [-0.05, 0) is 36.4 Å². The third kappa shape index (κ3) is 4.00. The molecule has 0 aliphatic carbocycles. The molecule has 2 aromatic carbocycles. The Bertz CT molecular complexity index is 787. The van der Waals surface area contributed by atoms with Crippen molar-refractivity contribution in [3.8, 4) is 0 Å². The molecule has 0 heterocycles. The van der Waals surface area contributed by atoms with Gasteiger partial charge in [-0.1, -0.05) is 23.2 Å². The van der Waals surface area contributed by atoms with Crippen LogP contribution in [0, 0.1) is 0 Å². The van der Waals surface area contributed by atoms with Gasteiger partial charge in [-0.3, -0.25) is 4.79 Å². The van der Waals surface area contributed by atoms with Crippen LogP contribution < -0.4 is 5.32 Å². The molecule has 0 atom stereocenters. The van der Waals surface area contributed by atoms with Crippen LogP contribution >= 0.6 is 23.2 Å². The number of carbonyl (C=O) groups excluding carboxylic acids is 1. The lowest BCUT2D eigenvalue weighted by Crippen LogP contribution is -2.13. The number of rotatable bonds is 4. The van der Waals surface area contributed by atoms with E-state index in [1.54, 1.807) is 0 Å². The summed E-state index contributed by atoms with van der Waals surface area (Å²) in [6, 6.07) is 7.53. The first-order valence-electron chi connectivity index (χ1n) is 6.16. The maximum atomic E-state index is 12.1.